The third kappa shape index (κ3) is 2.75. The summed E-state index contributed by atoms with van der Waals surface area (Å²) >= 11 is 0. The molecule has 0 amide bonds. The lowest BCUT2D eigenvalue weighted by Gasteiger charge is -2.40. The molecule has 0 spiro atoms. The maximum absolute atomic E-state index is 3.44. The molecule has 0 aromatic carbocycles. The van der Waals surface area contributed by atoms with Crippen LogP contribution in [0.2, 0.25) is 0 Å². The zero-order chi connectivity index (χ0) is 10.4. The molecule has 1 N–H and O–H groups in total. The van der Waals surface area contributed by atoms with Gasteiger partial charge in [-0.1, -0.05) is 26.2 Å². The van der Waals surface area contributed by atoms with E-state index in [0.717, 1.165) is 6.42 Å². The lowest BCUT2D eigenvalue weighted by molar-refractivity contribution is 0.152. The van der Waals surface area contributed by atoms with E-state index >= 15 is 0 Å². The summed E-state index contributed by atoms with van der Waals surface area (Å²) in [5.74, 6) is 6.21. The van der Waals surface area contributed by atoms with Crippen LogP contribution in [0, 0.1) is 17.3 Å². The standard InChI is InChI=1S/C13H23N/c1-4-5-9-12(14-3)13(2)10-7-6-8-11-13/h12,14H,6-11H2,1-3H3. The Morgan fingerprint density at radius 3 is 2.43 bits per heavy atom. The second kappa shape index (κ2) is 5.41. The average Bonchev–Trinajstić information content (AvgIpc) is 2.20. The van der Waals surface area contributed by atoms with Crippen molar-refractivity contribution in [2.45, 2.75) is 58.4 Å². The first-order valence-electron chi connectivity index (χ1n) is 5.80. The van der Waals surface area contributed by atoms with E-state index < -0.39 is 0 Å². The molecular formula is C13H23N. The third-order valence-corrected chi connectivity index (χ3v) is 3.67. The zero-order valence-corrected chi connectivity index (χ0v) is 9.82. The predicted octanol–water partition coefficient (Wildman–Crippen LogP) is 2.96. The molecule has 80 valence electrons. The van der Waals surface area contributed by atoms with Crippen LogP contribution in [0.15, 0.2) is 0 Å². The van der Waals surface area contributed by atoms with E-state index in [2.05, 4.69) is 31.1 Å². The number of hydrogen-bond acceptors (Lipinski definition) is 1. The van der Waals surface area contributed by atoms with Crippen molar-refractivity contribution in [3.8, 4) is 11.8 Å². The van der Waals surface area contributed by atoms with Crippen LogP contribution in [-0.4, -0.2) is 13.1 Å². The van der Waals surface area contributed by atoms with Crippen molar-refractivity contribution < 1.29 is 0 Å². The SMILES string of the molecule is CC#CCC(NC)C1(C)CCCCC1. The highest BCUT2D eigenvalue weighted by molar-refractivity contribution is 5.02. The van der Waals surface area contributed by atoms with Gasteiger partial charge in [-0.3, -0.25) is 0 Å². The van der Waals surface area contributed by atoms with Gasteiger partial charge in [0.15, 0.2) is 0 Å². The molecule has 0 radical (unpaired) electrons. The zero-order valence-electron chi connectivity index (χ0n) is 9.82. The largest absolute Gasteiger partial charge is 0.316 e. The smallest absolute Gasteiger partial charge is 0.0248 e. The Morgan fingerprint density at radius 1 is 1.29 bits per heavy atom. The number of nitrogens with one attached hydrogen (secondary N) is 1. The van der Waals surface area contributed by atoms with Crippen LogP contribution in [0.4, 0.5) is 0 Å². The second-order valence-corrected chi connectivity index (χ2v) is 4.69. The van der Waals surface area contributed by atoms with Gasteiger partial charge < -0.3 is 5.32 Å². The Balaban J connectivity index is 2.58. The summed E-state index contributed by atoms with van der Waals surface area (Å²) in [6.45, 7) is 4.35. The van der Waals surface area contributed by atoms with E-state index in [-0.39, 0.29) is 0 Å². The predicted molar refractivity (Wildman–Crippen MR) is 62.1 cm³/mol. The van der Waals surface area contributed by atoms with Crippen LogP contribution in [0.5, 0.6) is 0 Å². The molecular weight excluding hydrogens is 170 g/mol. The minimum Gasteiger partial charge on any atom is -0.316 e. The Morgan fingerprint density at radius 2 is 1.93 bits per heavy atom. The first-order chi connectivity index (χ1) is 6.73. The molecule has 1 heteroatoms. The van der Waals surface area contributed by atoms with Crippen LogP contribution in [-0.2, 0) is 0 Å². The first-order valence-corrected chi connectivity index (χ1v) is 5.80. The summed E-state index contributed by atoms with van der Waals surface area (Å²) in [5, 5.41) is 3.44. The quantitative estimate of drug-likeness (QED) is 0.679. The summed E-state index contributed by atoms with van der Waals surface area (Å²) in [5.41, 5.74) is 0.483. The summed E-state index contributed by atoms with van der Waals surface area (Å²) in [6, 6.07) is 0.579. The van der Waals surface area contributed by atoms with Crippen LogP contribution in [0.3, 0.4) is 0 Å². The highest BCUT2D eigenvalue weighted by atomic mass is 14.9. The fourth-order valence-corrected chi connectivity index (χ4v) is 2.61. The van der Waals surface area contributed by atoms with Crippen molar-refractivity contribution in [2.24, 2.45) is 5.41 Å². The van der Waals surface area contributed by atoms with Crippen LogP contribution in [0.1, 0.15) is 52.4 Å². The molecule has 1 nitrogen and oxygen atoms in total. The Kier molecular flexibility index (Phi) is 4.48. The van der Waals surface area contributed by atoms with Crippen molar-refractivity contribution >= 4 is 0 Å². The van der Waals surface area contributed by atoms with Crippen molar-refractivity contribution in [1.29, 1.82) is 0 Å². The van der Waals surface area contributed by atoms with E-state index in [0.29, 0.717) is 11.5 Å². The Bertz CT molecular complexity index is 215. The van der Waals surface area contributed by atoms with Gasteiger partial charge in [0.25, 0.3) is 0 Å². The molecule has 1 aliphatic rings. The summed E-state index contributed by atoms with van der Waals surface area (Å²) < 4.78 is 0. The molecule has 1 atom stereocenters. The van der Waals surface area contributed by atoms with E-state index in [4.69, 9.17) is 0 Å². The maximum Gasteiger partial charge on any atom is 0.0248 e. The Hall–Kier alpha value is -0.480. The maximum atomic E-state index is 3.44. The van der Waals surface area contributed by atoms with Crippen molar-refractivity contribution in [1.82, 2.24) is 5.32 Å². The normalized spacial score (nSPS) is 22.2. The van der Waals surface area contributed by atoms with Gasteiger partial charge in [-0.2, -0.15) is 0 Å². The van der Waals surface area contributed by atoms with Crippen molar-refractivity contribution in [3.05, 3.63) is 0 Å². The monoisotopic (exact) mass is 193 g/mol. The highest BCUT2D eigenvalue weighted by Gasteiger charge is 2.33. The molecule has 0 saturated heterocycles. The second-order valence-electron chi connectivity index (χ2n) is 4.69. The fourth-order valence-electron chi connectivity index (χ4n) is 2.61. The van der Waals surface area contributed by atoms with Crippen LogP contribution >= 0.6 is 0 Å². The topological polar surface area (TPSA) is 12.0 Å². The van der Waals surface area contributed by atoms with Crippen molar-refractivity contribution in [3.63, 3.8) is 0 Å². The number of hydrogen-bond donors (Lipinski definition) is 1. The molecule has 0 aliphatic heterocycles. The molecule has 0 bridgehead atoms. The van der Waals surface area contributed by atoms with Crippen LogP contribution in [0.25, 0.3) is 0 Å². The molecule has 0 aromatic heterocycles. The van der Waals surface area contributed by atoms with Gasteiger partial charge in [-0.25, -0.2) is 0 Å². The first kappa shape index (κ1) is 11.6. The number of rotatable bonds is 3. The van der Waals surface area contributed by atoms with Gasteiger partial charge >= 0.3 is 0 Å². The van der Waals surface area contributed by atoms with E-state index in [1.54, 1.807) is 0 Å². The van der Waals surface area contributed by atoms with Gasteiger partial charge in [0.05, 0.1) is 0 Å². The molecule has 14 heavy (non-hydrogen) atoms. The molecule has 1 rings (SSSR count). The van der Waals surface area contributed by atoms with Gasteiger partial charge in [-0.15, -0.1) is 11.8 Å². The minimum absolute atomic E-state index is 0.483. The minimum atomic E-state index is 0.483. The van der Waals surface area contributed by atoms with Gasteiger partial charge in [0.1, 0.15) is 0 Å². The van der Waals surface area contributed by atoms with Gasteiger partial charge in [0, 0.05) is 12.5 Å². The fraction of sp³-hybridized carbons (Fsp3) is 0.846. The molecule has 0 heterocycles. The van der Waals surface area contributed by atoms with Gasteiger partial charge in [-0.05, 0) is 32.2 Å². The van der Waals surface area contributed by atoms with E-state index in [1.165, 1.54) is 32.1 Å². The lowest BCUT2D eigenvalue weighted by Crippen LogP contribution is -2.42. The van der Waals surface area contributed by atoms with E-state index in [9.17, 15) is 0 Å². The van der Waals surface area contributed by atoms with Crippen LogP contribution < -0.4 is 5.32 Å². The van der Waals surface area contributed by atoms with Gasteiger partial charge in [0.2, 0.25) is 0 Å². The summed E-state index contributed by atoms with van der Waals surface area (Å²) in [6.07, 6.45) is 7.95. The summed E-state index contributed by atoms with van der Waals surface area (Å²) in [7, 11) is 2.07. The lowest BCUT2D eigenvalue weighted by atomic mass is 9.70. The Labute approximate surface area is 88.7 Å². The molecule has 1 saturated carbocycles. The highest BCUT2D eigenvalue weighted by Crippen LogP contribution is 2.39. The molecule has 0 aromatic rings. The molecule has 1 aliphatic carbocycles. The van der Waals surface area contributed by atoms with Crippen molar-refractivity contribution in [2.75, 3.05) is 7.05 Å². The average molecular weight is 193 g/mol. The molecule has 1 unspecified atom stereocenters. The molecule has 1 fully saturated rings. The summed E-state index contributed by atoms with van der Waals surface area (Å²) in [4.78, 5) is 0. The third-order valence-electron chi connectivity index (χ3n) is 3.67. The van der Waals surface area contributed by atoms with E-state index in [1.807, 2.05) is 6.92 Å².